The zero-order valence-corrected chi connectivity index (χ0v) is 16.6. The molecule has 1 aliphatic heterocycles. The molecule has 1 atom stereocenters. The van der Waals surface area contributed by atoms with Crippen molar-refractivity contribution in [2.24, 2.45) is 0 Å². The molecule has 1 aliphatic rings. The molecule has 1 amide bonds. The molecule has 1 N–H and O–H groups in total. The fourth-order valence-electron chi connectivity index (χ4n) is 3.31. The van der Waals surface area contributed by atoms with Crippen molar-refractivity contribution in [2.45, 2.75) is 45.6 Å². The van der Waals surface area contributed by atoms with Crippen LogP contribution in [0.15, 0.2) is 18.2 Å². The number of anilines is 1. The highest BCUT2D eigenvalue weighted by atomic mass is 32.2. The molecule has 1 aromatic carbocycles. The van der Waals surface area contributed by atoms with Crippen molar-refractivity contribution in [3.05, 3.63) is 29.8 Å². The van der Waals surface area contributed by atoms with Crippen LogP contribution in [0.2, 0.25) is 0 Å². The number of nitrogens with one attached hydrogen (secondary N) is 1. The number of carbonyl (C=O) groups excluding carboxylic acids is 1. The molecule has 1 unspecified atom stereocenters. The maximum absolute atomic E-state index is 14.2. The number of aryl methyl sites for hydroxylation is 1. The summed E-state index contributed by atoms with van der Waals surface area (Å²) in [4.78, 5) is 12.8. The van der Waals surface area contributed by atoms with Crippen LogP contribution in [0.3, 0.4) is 0 Å². The van der Waals surface area contributed by atoms with Crippen molar-refractivity contribution in [3.63, 3.8) is 0 Å². The van der Waals surface area contributed by atoms with E-state index in [1.807, 2.05) is 0 Å². The third kappa shape index (κ3) is 4.20. The highest BCUT2D eigenvalue weighted by molar-refractivity contribution is 7.89. The number of hydrogen-bond acceptors (Lipinski definition) is 6. The highest BCUT2D eigenvalue weighted by Gasteiger charge is 2.36. The van der Waals surface area contributed by atoms with Crippen molar-refractivity contribution in [2.75, 3.05) is 17.6 Å². The van der Waals surface area contributed by atoms with Gasteiger partial charge in [0.15, 0.2) is 5.82 Å². The summed E-state index contributed by atoms with van der Waals surface area (Å²) in [6, 6.07) is 3.28. The first-order chi connectivity index (χ1) is 13.3. The first-order valence-electron chi connectivity index (χ1n) is 9.19. The molecule has 152 valence electrons. The van der Waals surface area contributed by atoms with Gasteiger partial charge in [-0.1, -0.05) is 13.3 Å². The quantitative estimate of drug-likeness (QED) is 0.775. The van der Waals surface area contributed by atoms with E-state index < -0.39 is 27.8 Å². The summed E-state index contributed by atoms with van der Waals surface area (Å²) < 4.78 is 41.7. The second-order valence-electron chi connectivity index (χ2n) is 6.73. The number of carbonyl (C=O) groups is 1. The Morgan fingerprint density at radius 1 is 1.36 bits per heavy atom. The molecule has 1 aromatic heterocycles. The number of tetrazole rings is 1. The SMILES string of the molecule is CCCS(=O)(=O)N1CCCCC1C(=O)Nc1ccc(F)c(-n2nnnc2C)c1. The van der Waals surface area contributed by atoms with E-state index in [0.29, 0.717) is 30.9 Å². The topological polar surface area (TPSA) is 110 Å². The van der Waals surface area contributed by atoms with E-state index in [0.717, 1.165) is 12.8 Å². The molecular weight excluding hydrogens is 387 g/mol. The molecule has 11 heteroatoms. The molecule has 28 heavy (non-hydrogen) atoms. The van der Waals surface area contributed by atoms with Crippen LogP contribution in [0.4, 0.5) is 10.1 Å². The van der Waals surface area contributed by atoms with E-state index in [9.17, 15) is 17.6 Å². The van der Waals surface area contributed by atoms with Gasteiger partial charge in [0, 0.05) is 12.2 Å². The van der Waals surface area contributed by atoms with Crippen LogP contribution >= 0.6 is 0 Å². The van der Waals surface area contributed by atoms with Crippen LogP contribution in [-0.2, 0) is 14.8 Å². The molecule has 0 bridgehead atoms. The summed E-state index contributed by atoms with van der Waals surface area (Å²) in [6.07, 6.45) is 2.44. The number of halogens is 1. The molecule has 2 aromatic rings. The minimum atomic E-state index is -3.49. The molecule has 1 fully saturated rings. The highest BCUT2D eigenvalue weighted by Crippen LogP contribution is 2.24. The Morgan fingerprint density at radius 3 is 2.82 bits per heavy atom. The molecule has 0 radical (unpaired) electrons. The fourth-order valence-corrected chi connectivity index (χ4v) is 5.05. The number of aromatic nitrogens is 4. The Kier molecular flexibility index (Phi) is 6.04. The summed E-state index contributed by atoms with van der Waals surface area (Å²) in [7, 11) is -3.49. The van der Waals surface area contributed by atoms with Crippen LogP contribution in [-0.4, -0.2) is 57.2 Å². The summed E-state index contributed by atoms with van der Waals surface area (Å²) in [5, 5.41) is 13.7. The Hall–Kier alpha value is -2.40. The van der Waals surface area contributed by atoms with Gasteiger partial charge in [-0.05, 0) is 54.8 Å². The largest absolute Gasteiger partial charge is 0.325 e. The van der Waals surface area contributed by atoms with Gasteiger partial charge in [0.05, 0.1) is 5.75 Å². The van der Waals surface area contributed by atoms with Crippen molar-refractivity contribution in [3.8, 4) is 5.69 Å². The van der Waals surface area contributed by atoms with Crippen molar-refractivity contribution in [1.29, 1.82) is 0 Å². The first kappa shape index (κ1) is 20.3. The van der Waals surface area contributed by atoms with E-state index in [-0.39, 0.29) is 11.4 Å². The lowest BCUT2D eigenvalue weighted by molar-refractivity contribution is -0.120. The fraction of sp³-hybridized carbons (Fsp3) is 0.529. The van der Waals surface area contributed by atoms with Crippen LogP contribution in [0.5, 0.6) is 0 Å². The normalized spacial score (nSPS) is 18.2. The predicted molar refractivity (Wildman–Crippen MR) is 101 cm³/mol. The average Bonchev–Trinajstić information content (AvgIpc) is 3.09. The lowest BCUT2D eigenvalue weighted by atomic mass is 10.0. The Labute approximate surface area is 163 Å². The number of sulfonamides is 1. The summed E-state index contributed by atoms with van der Waals surface area (Å²) >= 11 is 0. The zero-order chi connectivity index (χ0) is 20.3. The number of nitrogens with zero attached hydrogens (tertiary/aromatic N) is 5. The molecule has 0 spiro atoms. The van der Waals surface area contributed by atoms with Gasteiger partial charge in [-0.15, -0.1) is 5.10 Å². The third-order valence-corrected chi connectivity index (χ3v) is 6.72. The molecule has 1 saturated heterocycles. The van der Waals surface area contributed by atoms with Crippen molar-refractivity contribution >= 4 is 21.6 Å². The maximum Gasteiger partial charge on any atom is 0.242 e. The lowest BCUT2D eigenvalue weighted by Crippen LogP contribution is -2.50. The second-order valence-corrected chi connectivity index (χ2v) is 8.77. The van der Waals surface area contributed by atoms with Gasteiger partial charge in [-0.3, -0.25) is 4.79 Å². The summed E-state index contributed by atoms with van der Waals surface area (Å²) in [5.74, 6) is -0.564. The van der Waals surface area contributed by atoms with Crippen molar-refractivity contribution < 1.29 is 17.6 Å². The van der Waals surface area contributed by atoms with Gasteiger partial charge >= 0.3 is 0 Å². The van der Waals surface area contributed by atoms with Crippen LogP contribution in [0.25, 0.3) is 5.69 Å². The number of amides is 1. The summed E-state index contributed by atoms with van der Waals surface area (Å²) in [6.45, 7) is 3.75. The third-order valence-electron chi connectivity index (χ3n) is 4.64. The van der Waals surface area contributed by atoms with Crippen LogP contribution in [0.1, 0.15) is 38.4 Å². The van der Waals surface area contributed by atoms with Gasteiger partial charge in [-0.25, -0.2) is 12.8 Å². The molecule has 0 saturated carbocycles. The monoisotopic (exact) mass is 410 g/mol. The van der Waals surface area contributed by atoms with E-state index in [1.54, 1.807) is 13.8 Å². The standard InChI is InChI=1S/C17H23FN6O3S/c1-3-10-28(26,27)23-9-5-4-6-15(23)17(25)19-13-7-8-14(18)16(11-13)24-12(2)20-21-22-24/h7-8,11,15H,3-6,9-10H2,1-2H3,(H,19,25). The molecule has 0 aliphatic carbocycles. The van der Waals surface area contributed by atoms with Gasteiger partial charge in [-0.2, -0.15) is 8.99 Å². The second kappa shape index (κ2) is 8.31. The van der Waals surface area contributed by atoms with Gasteiger partial charge in [0.25, 0.3) is 0 Å². The van der Waals surface area contributed by atoms with E-state index in [2.05, 4.69) is 20.8 Å². The van der Waals surface area contributed by atoms with E-state index in [1.165, 1.54) is 27.2 Å². The number of piperidine rings is 1. The van der Waals surface area contributed by atoms with Gasteiger partial charge in [0.1, 0.15) is 17.5 Å². The van der Waals surface area contributed by atoms with Gasteiger partial charge in [0.2, 0.25) is 15.9 Å². The Morgan fingerprint density at radius 2 is 2.14 bits per heavy atom. The Bertz CT molecular complexity index is 962. The molecule has 3 rings (SSSR count). The van der Waals surface area contributed by atoms with Gasteiger partial charge < -0.3 is 5.32 Å². The number of hydrogen-bond donors (Lipinski definition) is 1. The van der Waals surface area contributed by atoms with Crippen LogP contribution < -0.4 is 5.32 Å². The maximum atomic E-state index is 14.2. The smallest absolute Gasteiger partial charge is 0.242 e. The van der Waals surface area contributed by atoms with E-state index in [4.69, 9.17) is 0 Å². The Balaban J connectivity index is 1.83. The number of benzene rings is 1. The molecule has 2 heterocycles. The number of rotatable bonds is 6. The first-order valence-corrected chi connectivity index (χ1v) is 10.8. The molecule has 9 nitrogen and oxygen atoms in total. The minimum Gasteiger partial charge on any atom is -0.325 e. The van der Waals surface area contributed by atoms with Crippen LogP contribution in [0, 0.1) is 12.7 Å². The summed E-state index contributed by atoms with van der Waals surface area (Å²) in [5.41, 5.74) is 0.439. The lowest BCUT2D eigenvalue weighted by Gasteiger charge is -2.33. The predicted octanol–water partition coefficient (Wildman–Crippen LogP) is 1.64. The zero-order valence-electron chi connectivity index (χ0n) is 15.8. The molecular formula is C17H23FN6O3S. The van der Waals surface area contributed by atoms with Crippen molar-refractivity contribution in [1.82, 2.24) is 24.5 Å². The average molecular weight is 410 g/mol. The van der Waals surface area contributed by atoms with E-state index >= 15 is 0 Å². The minimum absolute atomic E-state index is 0.00997.